The van der Waals surface area contributed by atoms with Crippen LogP contribution in [0.15, 0.2) is 48.5 Å². The van der Waals surface area contributed by atoms with Crippen molar-refractivity contribution in [1.82, 2.24) is 29.2 Å². The lowest BCUT2D eigenvalue weighted by molar-refractivity contribution is 0.0710. The maximum atomic E-state index is 13.2. The average Bonchev–Trinajstić information content (AvgIpc) is 3.31. The number of fused-ring (bicyclic) bond motifs is 1. The zero-order valence-electron chi connectivity index (χ0n) is 17.6. The molecule has 1 N–H and O–H groups in total. The molecule has 31 heavy (non-hydrogen) atoms. The smallest absolute Gasteiger partial charge is 0.253 e. The molecular weight excluding hydrogens is 408 g/mol. The maximum absolute atomic E-state index is 13.2. The summed E-state index contributed by atoms with van der Waals surface area (Å²) in [7, 11) is 1.93. The number of piperidine rings is 1. The summed E-state index contributed by atoms with van der Waals surface area (Å²) < 4.78 is 4.68. The number of aryl methyl sites for hydroxylation is 1. The van der Waals surface area contributed by atoms with Crippen LogP contribution in [0.3, 0.4) is 0 Å². The molecule has 1 aliphatic heterocycles. The molecule has 1 fully saturated rings. The van der Waals surface area contributed by atoms with Crippen LogP contribution in [0.5, 0.6) is 0 Å². The number of aromatic nitrogens is 5. The molecule has 2 aromatic carbocycles. The van der Waals surface area contributed by atoms with Crippen LogP contribution in [0.2, 0.25) is 0 Å². The number of carbonyl (C=O) groups is 1. The number of hydrogen-bond donors (Lipinski definition) is 1. The van der Waals surface area contributed by atoms with Crippen molar-refractivity contribution in [3.8, 4) is 5.69 Å². The van der Waals surface area contributed by atoms with E-state index in [0.717, 1.165) is 41.2 Å². The van der Waals surface area contributed by atoms with E-state index in [2.05, 4.69) is 26.9 Å². The number of amides is 1. The Morgan fingerprint density at radius 3 is 2.55 bits per heavy atom. The topological polar surface area (TPSA) is 71.7 Å². The molecule has 1 aliphatic rings. The normalized spacial score (nSPS) is 15.0. The Morgan fingerprint density at radius 2 is 1.87 bits per heavy atom. The van der Waals surface area contributed by atoms with Gasteiger partial charge in [0.05, 0.1) is 11.0 Å². The van der Waals surface area contributed by atoms with Gasteiger partial charge in [0.2, 0.25) is 0 Å². The first-order chi connectivity index (χ1) is 15.0. The fourth-order valence-corrected chi connectivity index (χ4v) is 4.62. The second-order valence-electron chi connectivity index (χ2n) is 8.05. The monoisotopic (exact) mass is 432 g/mol. The van der Waals surface area contributed by atoms with Gasteiger partial charge in [-0.1, -0.05) is 18.2 Å². The highest BCUT2D eigenvalue weighted by molar-refractivity contribution is 7.71. The third-order valence-corrected chi connectivity index (χ3v) is 6.51. The van der Waals surface area contributed by atoms with Crippen LogP contribution in [-0.2, 0) is 7.05 Å². The van der Waals surface area contributed by atoms with Crippen LogP contribution >= 0.6 is 12.2 Å². The number of benzene rings is 2. The number of carbonyl (C=O) groups excluding carboxylic acids is 1. The zero-order chi connectivity index (χ0) is 21.5. The molecule has 0 atom stereocenters. The van der Waals surface area contributed by atoms with Gasteiger partial charge in [0, 0.05) is 37.3 Å². The first-order valence-electron chi connectivity index (χ1n) is 10.5. The zero-order valence-corrected chi connectivity index (χ0v) is 18.4. The number of H-pyrrole nitrogens is 1. The fourth-order valence-electron chi connectivity index (χ4n) is 4.48. The van der Waals surface area contributed by atoms with Crippen molar-refractivity contribution in [2.45, 2.75) is 25.7 Å². The van der Waals surface area contributed by atoms with Gasteiger partial charge in [-0.25, -0.2) is 4.98 Å². The molecule has 0 radical (unpaired) electrons. The molecule has 4 aromatic rings. The second-order valence-corrected chi connectivity index (χ2v) is 8.43. The van der Waals surface area contributed by atoms with Gasteiger partial charge < -0.3 is 9.47 Å². The molecule has 3 heterocycles. The number of para-hydroxylation sites is 1. The Morgan fingerprint density at radius 1 is 1.13 bits per heavy atom. The van der Waals surface area contributed by atoms with Crippen molar-refractivity contribution >= 4 is 29.2 Å². The minimum Gasteiger partial charge on any atom is -0.339 e. The van der Waals surface area contributed by atoms with E-state index in [4.69, 9.17) is 17.2 Å². The highest BCUT2D eigenvalue weighted by Gasteiger charge is 2.27. The van der Waals surface area contributed by atoms with E-state index in [1.165, 1.54) is 0 Å². The number of imidazole rings is 1. The van der Waals surface area contributed by atoms with Gasteiger partial charge in [-0.3, -0.25) is 14.5 Å². The van der Waals surface area contributed by atoms with E-state index < -0.39 is 0 Å². The number of hydrogen-bond acceptors (Lipinski definition) is 4. The maximum Gasteiger partial charge on any atom is 0.253 e. The first kappa shape index (κ1) is 19.7. The first-order valence-corrected chi connectivity index (χ1v) is 10.9. The van der Waals surface area contributed by atoms with Crippen LogP contribution in [0.25, 0.3) is 16.7 Å². The molecule has 0 unspecified atom stereocenters. The quantitative estimate of drug-likeness (QED) is 0.494. The number of rotatable bonds is 3. The summed E-state index contributed by atoms with van der Waals surface area (Å²) >= 11 is 5.23. The van der Waals surface area contributed by atoms with Crippen LogP contribution in [0.4, 0.5) is 0 Å². The molecule has 8 heteroatoms. The van der Waals surface area contributed by atoms with Crippen molar-refractivity contribution in [2.75, 3.05) is 13.1 Å². The van der Waals surface area contributed by atoms with Gasteiger partial charge in [0.15, 0.2) is 4.77 Å². The molecule has 7 nitrogen and oxygen atoms in total. The molecule has 5 rings (SSSR count). The van der Waals surface area contributed by atoms with Crippen molar-refractivity contribution in [1.29, 1.82) is 0 Å². The van der Waals surface area contributed by atoms with E-state index in [1.807, 2.05) is 59.8 Å². The molecule has 1 saturated heterocycles. The van der Waals surface area contributed by atoms with Crippen LogP contribution < -0.4 is 0 Å². The van der Waals surface area contributed by atoms with Crippen molar-refractivity contribution in [3.63, 3.8) is 0 Å². The summed E-state index contributed by atoms with van der Waals surface area (Å²) in [4.78, 5) is 19.8. The summed E-state index contributed by atoms with van der Waals surface area (Å²) in [6.45, 7) is 3.40. The van der Waals surface area contributed by atoms with Crippen molar-refractivity contribution in [2.24, 2.45) is 7.05 Å². The minimum absolute atomic E-state index is 0.0580. The largest absolute Gasteiger partial charge is 0.339 e. The predicted octanol–water partition coefficient (Wildman–Crippen LogP) is 4.14. The van der Waals surface area contributed by atoms with Crippen molar-refractivity contribution < 1.29 is 4.79 Å². The molecule has 0 bridgehead atoms. The SMILES string of the molecule is Cc1nc2cc(C(=O)N3CCC(c4n[nH]c(=S)n4C)CC3)ccc2n1-c1ccccc1. The van der Waals surface area contributed by atoms with E-state index in [0.29, 0.717) is 29.3 Å². The standard InChI is InChI=1S/C23H24N6OS/c1-15-24-19-14-17(8-9-20(19)29(15)18-6-4-3-5-7-18)22(30)28-12-10-16(11-13-28)21-25-26-23(31)27(21)2/h3-9,14,16H,10-13H2,1-2H3,(H,26,31). The van der Waals surface area contributed by atoms with Gasteiger partial charge in [0.25, 0.3) is 5.91 Å². The summed E-state index contributed by atoms with van der Waals surface area (Å²) in [5.74, 6) is 2.25. The molecule has 0 saturated carbocycles. The number of aromatic amines is 1. The highest BCUT2D eigenvalue weighted by Crippen LogP contribution is 2.28. The Balaban J connectivity index is 1.36. The Hall–Kier alpha value is -3.26. The van der Waals surface area contributed by atoms with E-state index >= 15 is 0 Å². The van der Waals surface area contributed by atoms with E-state index in [1.54, 1.807) is 0 Å². The Bertz CT molecular complexity index is 1310. The van der Waals surface area contributed by atoms with Crippen LogP contribution in [0.1, 0.15) is 40.8 Å². The number of nitrogens with one attached hydrogen (secondary N) is 1. The van der Waals surface area contributed by atoms with Gasteiger partial charge in [0.1, 0.15) is 11.6 Å². The summed E-state index contributed by atoms with van der Waals surface area (Å²) in [5.41, 5.74) is 3.59. The Labute approximate surface area is 185 Å². The lowest BCUT2D eigenvalue weighted by Gasteiger charge is -2.31. The minimum atomic E-state index is 0.0580. The van der Waals surface area contributed by atoms with Gasteiger partial charge in [-0.05, 0) is 62.3 Å². The third kappa shape index (κ3) is 3.46. The van der Waals surface area contributed by atoms with Crippen LogP contribution in [-0.4, -0.2) is 48.2 Å². The van der Waals surface area contributed by atoms with Crippen LogP contribution in [0, 0.1) is 11.7 Å². The molecule has 0 spiro atoms. The molecule has 2 aromatic heterocycles. The average molecular weight is 433 g/mol. The number of nitrogens with zero attached hydrogens (tertiary/aromatic N) is 5. The lowest BCUT2D eigenvalue weighted by Crippen LogP contribution is -2.38. The van der Waals surface area contributed by atoms with E-state index in [9.17, 15) is 4.79 Å². The highest BCUT2D eigenvalue weighted by atomic mass is 32.1. The Kier molecular flexibility index (Phi) is 4.94. The summed E-state index contributed by atoms with van der Waals surface area (Å²) in [6.07, 6.45) is 1.76. The van der Waals surface area contributed by atoms with Gasteiger partial charge >= 0.3 is 0 Å². The van der Waals surface area contributed by atoms with Crippen molar-refractivity contribution in [3.05, 3.63) is 70.5 Å². The molecular formula is C23H24N6OS. The van der Waals surface area contributed by atoms with Gasteiger partial charge in [-0.2, -0.15) is 5.10 Å². The molecule has 0 aliphatic carbocycles. The fraction of sp³-hybridized carbons (Fsp3) is 0.304. The molecule has 1 amide bonds. The molecule has 158 valence electrons. The second kappa shape index (κ2) is 7.77. The lowest BCUT2D eigenvalue weighted by atomic mass is 9.95. The number of likely N-dealkylation sites (tertiary alicyclic amines) is 1. The summed E-state index contributed by atoms with van der Waals surface area (Å²) in [6, 6.07) is 16.0. The van der Waals surface area contributed by atoms with Gasteiger partial charge in [-0.15, -0.1) is 0 Å². The summed E-state index contributed by atoms with van der Waals surface area (Å²) in [5, 5.41) is 7.22. The van der Waals surface area contributed by atoms with E-state index in [-0.39, 0.29) is 5.91 Å². The predicted molar refractivity (Wildman–Crippen MR) is 122 cm³/mol. The third-order valence-electron chi connectivity index (χ3n) is 6.15.